The summed E-state index contributed by atoms with van der Waals surface area (Å²) in [5, 5.41) is 7.32. The molecule has 6 heteroatoms. The standard InChI is InChI=1S/C21H23N5O/c1-15-5-2-3-6-17(15)12-20(27)26-10-8-16(14-26)11-19-23-21(25-24-19)18-7-4-9-22-13-18/h2-7,9,13,16H,8,10-12,14H2,1H3,(H,23,24,25). The summed E-state index contributed by atoms with van der Waals surface area (Å²) >= 11 is 0. The summed E-state index contributed by atoms with van der Waals surface area (Å²) in [6.45, 7) is 3.66. The van der Waals surface area contributed by atoms with Gasteiger partial charge in [-0.15, -0.1) is 0 Å². The van der Waals surface area contributed by atoms with Gasteiger partial charge in [0.25, 0.3) is 0 Å². The number of aromatic nitrogens is 4. The molecular weight excluding hydrogens is 338 g/mol. The minimum absolute atomic E-state index is 0.209. The topological polar surface area (TPSA) is 74.8 Å². The summed E-state index contributed by atoms with van der Waals surface area (Å²) in [7, 11) is 0. The molecule has 6 nitrogen and oxygen atoms in total. The maximum absolute atomic E-state index is 12.6. The van der Waals surface area contributed by atoms with Crippen molar-refractivity contribution in [3.05, 3.63) is 65.7 Å². The molecule has 27 heavy (non-hydrogen) atoms. The van der Waals surface area contributed by atoms with E-state index in [0.717, 1.165) is 42.9 Å². The molecule has 1 atom stereocenters. The van der Waals surface area contributed by atoms with Gasteiger partial charge < -0.3 is 4.90 Å². The fraction of sp³-hybridized carbons (Fsp3) is 0.333. The molecule has 0 radical (unpaired) electrons. The van der Waals surface area contributed by atoms with Crippen molar-refractivity contribution in [1.29, 1.82) is 0 Å². The van der Waals surface area contributed by atoms with E-state index < -0.39 is 0 Å². The summed E-state index contributed by atoms with van der Waals surface area (Å²) in [5.41, 5.74) is 3.19. The van der Waals surface area contributed by atoms with E-state index in [9.17, 15) is 4.79 Å². The van der Waals surface area contributed by atoms with Gasteiger partial charge in [-0.05, 0) is 42.5 Å². The van der Waals surface area contributed by atoms with Crippen LogP contribution in [0.15, 0.2) is 48.8 Å². The van der Waals surface area contributed by atoms with Gasteiger partial charge >= 0.3 is 0 Å². The molecule has 3 aromatic rings. The Morgan fingerprint density at radius 2 is 2.15 bits per heavy atom. The molecule has 4 rings (SSSR count). The first-order valence-electron chi connectivity index (χ1n) is 9.33. The van der Waals surface area contributed by atoms with Crippen LogP contribution in [0.1, 0.15) is 23.4 Å². The lowest BCUT2D eigenvalue weighted by Gasteiger charge is -2.17. The number of nitrogens with one attached hydrogen (secondary N) is 1. The lowest BCUT2D eigenvalue weighted by Crippen LogP contribution is -2.30. The van der Waals surface area contributed by atoms with Crippen molar-refractivity contribution in [3.8, 4) is 11.4 Å². The Bertz CT molecular complexity index is 921. The van der Waals surface area contributed by atoms with E-state index in [1.165, 1.54) is 5.56 Å². The minimum Gasteiger partial charge on any atom is -0.342 e. The SMILES string of the molecule is Cc1ccccc1CC(=O)N1CCC(Cc2nc(-c3cccnc3)n[nH]2)C1. The van der Waals surface area contributed by atoms with Crippen LogP contribution in [0.3, 0.4) is 0 Å². The number of H-pyrrole nitrogens is 1. The highest BCUT2D eigenvalue weighted by Gasteiger charge is 2.27. The molecule has 1 unspecified atom stereocenters. The minimum atomic E-state index is 0.209. The molecule has 0 spiro atoms. The average Bonchev–Trinajstić information content (AvgIpc) is 3.34. The quantitative estimate of drug-likeness (QED) is 0.758. The van der Waals surface area contributed by atoms with Crippen molar-refractivity contribution in [2.24, 2.45) is 5.92 Å². The molecule has 0 bridgehead atoms. The molecule has 2 aromatic heterocycles. The summed E-state index contributed by atoms with van der Waals surface area (Å²) < 4.78 is 0. The van der Waals surface area contributed by atoms with Crippen molar-refractivity contribution >= 4 is 5.91 Å². The monoisotopic (exact) mass is 361 g/mol. The number of amides is 1. The predicted octanol–water partition coefficient (Wildman–Crippen LogP) is 2.81. The van der Waals surface area contributed by atoms with Crippen molar-refractivity contribution in [3.63, 3.8) is 0 Å². The lowest BCUT2D eigenvalue weighted by atomic mass is 10.0. The van der Waals surface area contributed by atoms with Crippen LogP contribution in [0, 0.1) is 12.8 Å². The Hall–Kier alpha value is -3.02. The number of pyridine rings is 1. The van der Waals surface area contributed by atoms with Crippen molar-refractivity contribution < 1.29 is 4.79 Å². The predicted molar refractivity (Wildman–Crippen MR) is 103 cm³/mol. The zero-order chi connectivity index (χ0) is 18.6. The Kier molecular flexibility index (Phi) is 4.96. The molecule has 0 saturated carbocycles. The average molecular weight is 361 g/mol. The first kappa shape index (κ1) is 17.4. The van der Waals surface area contributed by atoms with E-state index in [0.29, 0.717) is 18.2 Å². The third-order valence-electron chi connectivity index (χ3n) is 5.17. The summed E-state index contributed by atoms with van der Waals surface area (Å²) in [5.74, 6) is 2.16. The van der Waals surface area contributed by atoms with E-state index >= 15 is 0 Å². The largest absolute Gasteiger partial charge is 0.342 e. The van der Waals surface area contributed by atoms with Gasteiger partial charge in [-0.1, -0.05) is 24.3 Å². The van der Waals surface area contributed by atoms with E-state index in [2.05, 4.69) is 33.2 Å². The summed E-state index contributed by atoms with van der Waals surface area (Å²) in [6.07, 6.45) is 5.78. The van der Waals surface area contributed by atoms with Gasteiger partial charge in [0.2, 0.25) is 5.91 Å². The Morgan fingerprint density at radius 1 is 1.26 bits per heavy atom. The van der Waals surface area contributed by atoms with Crippen LogP contribution < -0.4 is 0 Å². The Labute approximate surface area is 158 Å². The number of rotatable bonds is 5. The molecule has 1 fully saturated rings. The highest BCUT2D eigenvalue weighted by molar-refractivity contribution is 5.79. The van der Waals surface area contributed by atoms with Gasteiger partial charge in [0.1, 0.15) is 5.82 Å². The summed E-state index contributed by atoms with van der Waals surface area (Å²) in [4.78, 5) is 23.3. The van der Waals surface area contributed by atoms with Gasteiger partial charge in [-0.25, -0.2) is 4.98 Å². The number of hydrogen-bond acceptors (Lipinski definition) is 4. The number of benzene rings is 1. The maximum atomic E-state index is 12.6. The van der Waals surface area contributed by atoms with Gasteiger partial charge in [0, 0.05) is 37.5 Å². The van der Waals surface area contributed by atoms with E-state index in [1.54, 1.807) is 12.4 Å². The smallest absolute Gasteiger partial charge is 0.227 e. The number of aromatic amines is 1. The maximum Gasteiger partial charge on any atom is 0.227 e. The zero-order valence-electron chi connectivity index (χ0n) is 15.4. The lowest BCUT2D eigenvalue weighted by molar-refractivity contribution is -0.129. The van der Waals surface area contributed by atoms with E-state index in [4.69, 9.17) is 0 Å². The Balaban J connectivity index is 1.34. The van der Waals surface area contributed by atoms with Crippen LogP contribution in [-0.4, -0.2) is 44.1 Å². The number of likely N-dealkylation sites (tertiary alicyclic amines) is 1. The molecule has 1 saturated heterocycles. The number of carbonyl (C=O) groups is 1. The van der Waals surface area contributed by atoms with Gasteiger partial charge in [-0.2, -0.15) is 5.10 Å². The molecule has 3 heterocycles. The van der Waals surface area contributed by atoms with Crippen molar-refractivity contribution in [1.82, 2.24) is 25.1 Å². The third-order valence-corrected chi connectivity index (χ3v) is 5.17. The van der Waals surface area contributed by atoms with Crippen LogP contribution in [-0.2, 0) is 17.6 Å². The molecule has 1 N–H and O–H groups in total. The van der Waals surface area contributed by atoms with Crippen LogP contribution in [0.5, 0.6) is 0 Å². The molecule has 1 aliphatic heterocycles. The molecule has 1 amide bonds. The first-order valence-corrected chi connectivity index (χ1v) is 9.33. The second-order valence-corrected chi connectivity index (χ2v) is 7.15. The van der Waals surface area contributed by atoms with Crippen LogP contribution in [0.4, 0.5) is 0 Å². The van der Waals surface area contributed by atoms with Crippen molar-refractivity contribution in [2.75, 3.05) is 13.1 Å². The number of nitrogens with zero attached hydrogens (tertiary/aromatic N) is 4. The van der Waals surface area contributed by atoms with Crippen LogP contribution in [0.2, 0.25) is 0 Å². The molecule has 1 aromatic carbocycles. The van der Waals surface area contributed by atoms with Crippen molar-refractivity contribution in [2.45, 2.75) is 26.2 Å². The van der Waals surface area contributed by atoms with E-state index in [1.807, 2.05) is 35.2 Å². The van der Waals surface area contributed by atoms with Crippen LogP contribution in [0.25, 0.3) is 11.4 Å². The normalized spacial score (nSPS) is 16.6. The Morgan fingerprint density at radius 3 is 2.96 bits per heavy atom. The van der Waals surface area contributed by atoms with Gasteiger partial charge in [0.15, 0.2) is 5.82 Å². The highest BCUT2D eigenvalue weighted by Crippen LogP contribution is 2.22. The third kappa shape index (κ3) is 4.05. The fourth-order valence-corrected chi connectivity index (χ4v) is 3.59. The van der Waals surface area contributed by atoms with E-state index in [-0.39, 0.29) is 5.91 Å². The zero-order valence-corrected chi connectivity index (χ0v) is 15.4. The van der Waals surface area contributed by atoms with Crippen LogP contribution >= 0.6 is 0 Å². The first-order chi connectivity index (χ1) is 13.2. The van der Waals surface area contributed by atoms with Gasteiger partial charge in [0.05, 0.1) is 6.42 Å². The summed E-state index contributed by atoms with van der Waals surface area (Å²) in [6, 6.07) is 11.9. The number of hydrogen-bond donors (Lipinski definition) is 1. The fourth-order valence-electron chi connectivity index (χ4n) is 3.59. The number of aryl methyl sites for hydroxylation is 1. The molecule has 1 aliphatic rings. The highest BCUT2D eigenvalue weighted by atomic mass is 16.2. The molecule has 0 aliphatic carbocycles. The number of carbonyl (C=O) groups excluding carboxylic acids is 1. The molecular formula is C21H23N5O. The molecule has 138 valence electrons. The second-order valence-electron chi connectivity index (χ2n) is 7.15. The second kappa shape index (κ2) is 7.70. The van der Waals surface area contributed by atoms with Gasteiger partial charge in [-0.3, -0.25) is 14.9 Å².